The maximum Gasteiger partial charge on any atom is 0.222 e. The summed E-state index contributed by atoms with van der Waals surface area (Å²) in [6, 6.07) is 12.7. The van der Waals surface area contributed by atoms with Crippen molar-refractivity contribution in [1.82, 2.24) is 24.3 Å². The molecule has 5 rings (SSSR count). The zero-order valence-electron chi connectivity index (χ0n) is 22.5. The van der Waals surface area contributed by atoms with Gasteiger partial charge in [0.25, 0.3) is 0 Å². The molecule has 0 unspecified atom stereocenters. The summed E-state index contributed by atoms with van der Waals surface area (Å²) >= 11 is 0. The number of pyridine rings is 1. The highest BCUT2D eigenvalue weighted by Crippen LogP contribution is 2.39. The smallest absolute Gasteiger partial charge is 0.222 e. The number of hydrogen-bond donors (Lipinski definition) is 0. The molecule has 38 heavy (non-hydrogen) atoms. The van der Waals surface area contributed by atoms with E-state index in [2.05, 4.69) is 50.1 Å². The van der Waals surface area contributed by atoms with E-state index in [1.54, 1.807) is 6.20 Å². The Morgan fingerprint density at radius 1 is 0.974 bits per heavy atom. The van der Waals surface area contributed by atoms with Gasteiger partial charge >= 0.3 is 0 Å². The van der Waals surface area contributed by atoms with Gasteiger partial charge in [-0.25, -0.2) is 4.98 Å². The highest BCUT2D eigenvalue weighted by Gasteiger charge is 2.37. The summed E-state index contributed by atoms with van der Waals surface area (Å²) in [5.41, 5.74) is 2.78. The highest BCUT2D eigenvalue weighted by atomic mass is 16.5. The van der Waals surface area contributed by atoms with Crippen LogP contribution in [0, 0.1) is 5.41 Å². The van der Waals surface area contributed by atoms with E-state index in [9.17, 15) is 4.79 Å². The van der Waals surface area contributed by atoms with Gasteiger partial charge in [0, 0.05) is 70.5 Å². The third kappa shape index (κ3) is 7.22. The Hall–Kier alpha value is -3.19. The molecule has 0 aliphatic carbocycles. The molecule has 1 saturated heterocycles. The predicted molar refractivity (Wildman–Crippen MR) is 149 cm³/mol. The number of para-hydroxylation sites is 1. The summed E-state index contributed by atoms with van der Waals surface area (Å²) in [6.45, 7) is 6.04. The SMILES string of the molecule is O=C(CCCn1ccnc1)N1CCC2(CCCCc3ccccc3OCCN(Cc3cccnc3)C2)CC1. The number of fused-ring (bicyclic) bond motifs is 1. The van der Waals surface area contributed by atoms with Gasteiger partial charge in [0.05, 0.1) is 6.33 Å². The number of aromatic nitrogens is 3. The lowest BCUT2D eigenvalue weighted by Gasteiger charge is -2.45. The van der Waals surface area contributed by atoms with Gasteiger partial charge in [0.15, 0.2) is 0 Å². The fourth-order valence-corrected chi connectivity index (χ4v) is 6.10. The van der Waals surface area contributed by atoms with Crippen molar-refractivity contribution in [1.29, 1.82) is 0 Å². The van der Waals surface area contributed by atoms with Crippen LogP contribution in [0.2, 0.25) is 0 Å². The first-order chi connectivity index (χ1) is 18.7. The molecule has 1 spiro atoms. The number of hydrogen-bond acceptors (Lipinski definition) is 5. The fourth-order valence-electron chi connectivity index (χ4n) is 6.10. The third-order valence-electron chi connectivity index (χ3n) is 8.27. The molecule has 0 N–H and O–H groups in total. The number of amides is 1. The molecule has 1 aromatic carbocycles. The van der Waals surface area contributed by atoms with Crippen LogP contribution in [-0.2, 0) is 24.3 Å². The minimum absolute atomic E-state index is 0.231. The van der Waals surface area contributed by atoms with Crippen LogP contribution in [-0.4, -0.2) is 63.0 Å². The van der Waals surface area contributed by atoms with Gasteiger partial charge in [-0.05, 0) is 67.2 Å². The summed E-state index contributed by atoms with van der Waals surface area (Å²) in [5, 5.41) is 0. The van der Waals surface area contributed by atoms with Crippen LogP contribution in [0.25, 0.3) is 0 Å². The first kappa shape index (κ1) is 26.4. The molecule has 2 aliphatic rings. The number of likely N-dealkylation sites (tertiary alicyclic amines) is 1. The Bertz CT molecular complexity index is 1130. The van der Waals surface area contributed by atoms with Gasteiger partial charge in [-0.3, -0.25) is 14.7 Å². The number of ether oxygens (including phenoxy) is 1. The lowest BCUT2D eigenvalue weighted by Crippen LogP contribution is -2.48. The Balaban J connectivity index is 1.24. The topological polar surface area (TPSA) is 63.5 Å². The Morgan fingerprint density at radius 2 is 1.87 bits per heavy atom. The van der Waals surface area contributed by atoms with Crippen molar-refractivity contribution in [2.24, 2.45) is 5.41 Å². The second-order valence-electron chi connectivity index (χ2n) is 11.0. The molecule has 7 nitrogen and oxygen atoms in total. The number of rotatable bonds is 6. The molecule has 0 bridgehead atoms. The van der Waals surface area contributed by atoms with Gasteiger partial charge in [-0.15, -0.1) is 0 Å². The van der Waals surface area contributed by atoms with Crippen molar-refractivity contribution < 1.29 is 9.53 Å². The molecule has 0 radical (unpaired) electrons. The van der Waals surface area contributed by atoms with Gasteiger partial charge in [0.2, 0.25) is 5.91 Å². The van der Waals surface area contributed by atoms with Gasteiger partial charge in [-0.2, -0.15) is 0 Å². The van der Waals surface area contributed by atoms with Crippen molar-refractivity contribution in [3.05, 3.63) is 78.6 Å². The Labute approximate surface area is 226 Å². The lowest BCUT2D eigenvalue weighted by atomic mass is 9.73. The van der Waals surface area contributed by atoms with Crippen LogP contribution < -0.4 is 4.74 Å². The number of nitrogens with zero attached hydrogens (tertiary/aromatic N) is 5. The molecule has 3 aromatic rings. The standard InChI is InChI=1S/C31H41N5O2/c37-30(11-6-17-34-20-16-33-26-34)36-18-13-31(14-19-36)12-4-3-9-28-8-1-2-10-29(28)38-22-21-35(25-31)24-27-7-5-15-32-23-27/h1-2,5,7-8,10,15-16,20,23,26H,3-4,6,9,11-14,17-19,21-22,24-25H2. The molecule has 4 heterocycles. The zero-order valence-corrected chi connectivity index (χ0v) is 22.5. The highest BCUT2D eigenvalue weighted by molar-refractivity contribution is 5.76. The summed E-state index contributed by atoms with van der Waals surface area (Å²) in [7, 11) is 0. The second kappa shape index (κ2) is 13.1. The Morgan fingerprint density at radius 3 is 2.68 bits per heavy atom. The van der Waals surface area contributed by atoms with Gasteiger partial charge in [0.1, 0.15) is 12.4 Å². The molecule has 2 aromatic heterocycles. The monoisotopic (exact) mass is 515 g/mol. The molecular formula is C31H41N5O2. The molecular weight excluding hydrogens is 474 g/mol. The van der Waals surface area contributed by atoms with Crippen LogP contribution >= 0.6 is 0 Å². The van der Waals surface area contributed by atoms with Gasteiger partial charge < -0.3 is 14.2 Å². The minimum Gasteiger partial charge on any atom is -0.492 e. The summed E-state index contributed by atoms with van der Waals surface area (Å²) in [5.74, 6) is 1.33. The van der Waals surface area contributed by atoms with E-state index in [1.165, 1.54) is 30.4 Å². The maximum absolute atomic E-state index is 13.0. The summed E-state index contributed by atoms with van der Waals surface area (Å²) in [6.07, 6.45) is 17.6. The molecule has 2 aliphatic heterocycles. The van der Waals surface area contributed by atoms with Gasteiger partial charge in [-0.1, -0.05) is 30.7 Å². The fraction of sp³-hybridized carbons (Fsp3) is 0.516. The van der Waals surface area contributed by atoms with E-state index in [0.29, 0.717) is 18.9 Å². The zero-order chi connectivity index (χ0) is 26.0. The van der Waals surface area contributed by atoms with Crippen LogP contribution in [0.3, 0.4) is 0 Å². The molecule has 0 saturated carbocycles. The largest absolute Gasteiger partial charge is 0.492 e. The lowest BCUT2D eigenvalue weighted by molar-refractivity contribution is -0.134. The average Bonchev–Trinajstić information content (AvgIpc) is 3.46. The van der Waals surface area contributed by atoms with Crippen molar-refractivity contribution in [3.8, 4) is 5.75 Å². The van der Waals surface area contributed by atoms with E-state index >= 15 is 0 Å². The first-order valence-corrected chi connectivity index (χ1v) is 14.2. The number of piperidine rings is 1. The second-order valence-corrected chi connectivity index (χ2v) is 11.0. The van der Waals surface area contributed by atoms with E-state index < -0.39 is 0 Å². The van der Waals surface area contributed by atoms with Crippen molar-refractivity contribution >= 4 is 5.91 Å². The number of imidazole rings is 1. The molecule has 1 fully saturated rings. The summed E-state index contributed by atoms with van der Waals surface area (Å²) in [4.78, 5) is 26.1. The normalized spacial score (nSPS) is 18.7. The van der Waals surface area contributed by atoms with E-state index in [4.69, 9.17) is 4.74 Å². The number of aryl methyl sites for hydroxylation is 2. The van der Waals surface area contributed by atoms with Crippen molar-refractivity contribution in [2.45, 2.75) is 64.5 Å². The van der Waals surface area contributed by atoms with E-state index in [-0.39, 0.29) is 5.41 Å². The quantitative estimate of drug-likeness (QED) is 0.464. The molecule has 1 amide bonds. The molecule has 202 valence electrons. The number of carbonyl (C=O) groups is 1. The first-order valence-electron chi connectivity index (χ1n) is 14.2. The van der Waals surface area contributed by atoms with Crippen LogP contribution in [0.15, 0.2) is 67.5 Å². The Kier molecular flexibility index (Phi) is 9.07. The molecule has 0 atom stereocenters. The van der Waals surface area contributed by atoms with Crippen LogP contribution in [0.5, 0.6) is 5.75 Å². The number of carbonyl (C=O) groups excluding carboxylic acids is 1. The van der Waals surface area contributed by atoms with E-state index in [0.717, 1.165) is 70.7 Å². The van der Waals surface area contributed by atoms with E-state index in [1.807, 2.05) is 35.6 Å². The average molecular weight is 516 g/mol. The molecule has 7 heteroatoms. The third-order valence-corrected chi connectivity index (χ3v) is 8.27. The van der Waals surface area contributed by atoms with Crippen LogP contribution in [0.1, 0.15) is 56.1 Å². The predicted octanol–water partition coefficient (Wildman–Crippen LogP) is 4.97. The minimum atomic E-state index is 0.231. The van der Waals surface area contributed by atoms with Crippen molar-refractivity contribution in [3.63, 3.8) is 0 Å². The number of benzene rings is 1. The van der Waals surface area contributed by atoms with Crippen molar-refractivity contribution in [2.75, 3.05) is 32.8 Å². The summed E-state index contributed by atoms with van der Waals surface area (Å²) < 4.78 is 8.35. The van der Waals surface area contributed by atoms with Crippen LogP contribution in [0.4, 0.5) is 0 Å². The maximum atomic E-state index is 13.0.